The van der Waals surface area contributed by atoms with Crippen molar-refractivity contribution in [3.8, 4) is 0 Å². The predicted octanol–water partition coefficient (Wildman–Crippen LogP) is 0.898. The molecule has 0 aliphatic heterocycles. The molecular formula is C9H5N3O3. The summed E-state index contributed by atoms with van der Waals surface area (Å²) < 4.78 is 0. The summed E-state index contributed by atoms with van der Waals surface area (Å²) in [5.74, 6) is 0. The molecule has 0 N–H and O–H groups in total. The Hall–Kier alpha value is -2.37. The van der Waals surface area contributed by atoms with Gasteiger partial charge in [-0.25, -0.2) is 0 Å². The van der Waals surface area contributed by atoms with Crippen LogP contribution in [0, 0.1) is 10.1 Å². The molecule has 1 aromatic heterocycles. The van der Waals surface area contributed by atoms with E-state index in [2.05, 4.69) is 10.2 Å². The van der Waals surface area contributed by atoms with Crippen molar-refractivity contribution in [3.05, 3.63) is 50.8 Å². The maximum absolute atomic E-state index is 10.9. The Morgan fingerprint density at radius 1 is 1.13 bits per heavy atom. The third-order valence-corrected chi connectivity index (χ3v) is 1.88. The topological polar surface area (TPSA) is 86.0 Å². The zero-order valence-electron chi connectivity index (χ0n) is 7.45. The van der Waals surface area contributed by atoms with Crippen LogP contribution in [0.15, 0.2) is 35.1 Å². The van der Waals surface area contributed by atoms with Crippen molar-refractivity contribution in [1.29, 1.82) is 0 Å². The Balaban J connectivity index is 2.78. The van der Waals surface area contributed by atoms with Gasteiger partial charge in [0.2, 0.25) is 0 Å². The van der Waals surface area contributed by atoms with Gasteiger partial charge in [-0.05, 0) is 12.1 Å². The smallest absolute Gasteiger partial charge is 0.266 e. The molecule has 0 fully saturated rings. The number of non-ortho nitro benzene ring substituents is 1. The maximum Gasteiger partial charge on any atom is 0.288 e. The van der Waals surface area contributed by atoms with Gasteiger partial charge >= 0.3 is 0 Å². The second kappa shape index (κ2) is 3.41. The van der Waals surface area contributed by atoms with Crippen LogP contribution in [0.3, 0.4) is 0 Å². The van der Waals surface area contributed by atoms with Crippen LogP contribution in [0.4, 0.5) is 5.69 Å². The summed E-state index contributed by atoms with van der Waals surface area (Å²) >= 11 is 0. The number of fused-ring (bicyclic) bond motifs is 1. The molecule has 6 nitrogen and oxygen atoms in total. The van der Waals surface area contributed by atoms with E-state index in [1.165, 1.54) is 30.3 Å². The number of hydrogen-bond acceptors (Lipinski definition) is 5. The van der Waals surface area contributed by atoms with Crippen molar-refractivity contribution in [1.82, 2.24) is 10.2 Å². The van der Waals surface area contributed by atoms with Crippen LogP contribution >= 0.6 is 0 Å². The third kappa shape index (κ3) is 1.78. The van der Waals surface area contributed by atoms with Crippen molar-refractivity contribution >= 4 is 16.6 Å². The molecule has 2 aromatic rings. The molecule has 0 aliphatic rings. The van der Waals surface area contributed by atoms with Gasteiger partial charge in [-0.3, -0.25) is 14.9 Å². The summed E-state index contributed by atoms with van der Waals surface area (Å²) in [7, 11) is 0. The minimum absolute atomic E-state index is 0.0389. The minimum atomic E-state index is -0.502. The Labute approximate surface area is 83.3 Å². The van der Waals surface area contributed by atoms with Crippen LogP contribution in [0.25, 0.3) is 10.9 Å². The van der Waals surface area contributed by atoms with Gasteiger partial charge in [-0.2, -0.15) is 0 Å². The van der Waals surface area contributed by atoms with Gasteiger partial charge in [0.1, 0.15) is 0 Å². The molecule has 0 unspecified atom stereocenters. The lowest BCUT2D eigenvalue weighted by molar-refractivity contribution is -0.384. The van der Waals surface area contributed by atoms with E-state index >= 15 is 0 Å². The van der Waals surface area contributed by atoms with Gasteiger partial charge in [0.25, 0.3) is 11.2 Å². The molecule has 0 saturated carbocycles. The summed E-state index contributed by atoms with van der Waals surface area (Å²) in [5.41, 5.74) is -0.0699. The highest BCUT2D eigenvalue weighted by atomic mass is 16.6. The monoisotopic (exact) mass is 203 g/mol. The molecule has 0 spiro atoms. The van der Waals surface area contributed by atoms with Crippen LogP contribution in [0.2, 0.25) is 0 Å². The van der Waals surface area contributed by atoms with Gasteiger partial charge in [-0.1, -0.05) is 0 Å². The fraction of sp³-hybridized carbons (Fsp3) is 0. The normalized spacial score (nSPS) is 10.1. The lowest BCUT2D eigenvalue weighted by Gasteiger charge is -1.91. The molecule has 0 aliphatic carbocycles. The van der Waals surface area contributed by atoms with E-state index in [1.807, 2.05) is 0 Å². The molecule has 0 radical (unpaired) electrons. The highest BCUT2D eigenvalue weighted by Gasteiger charge is 2.05. The first-order valence-electron chi connectivity index (χ1n) is 4.09. The summed E-state index contributed by atoms with van der Waals surface area (Å²) in [4.78, 5) is 20.9. The van der Waals surface area contributed by atoms with Gasteiger partial charge in [-0.15, -0.1) is 10.2 Å². The van der Waals surface area contributed by atoms with Crippen LogP contribution in [0.1, 0.15) is 0 Å². The Morgan fingerprint density at radius 3 is 2.67 bits per heavy atom. The van der Waals surface area contributed by atoms with Crippen LogP contribution < -0.4 is 5.56 Å². The molecule has 1 heterocycles. The van der Waals surface area contributed by atoms with Crippen LogP contribution in [-0.2, 0) is 0 Å². The summed E-state index contributed by atoms with van der Waals surface area (Å²) in [6, 6.07) is 6.81. The first-order valence-corrected chi connectivity index (χ1v) is 4.09. The number of benzene rings is 1. The van der Waals surface area contributed by atoms with Gasteiger partial charge in [0.15, 0.2) is 0 Å². The van der Waals surface area contributed by atoms with Gasteiger partial charge < -0.3 is 0 Å². The Morgan fingerprint density at radius 2 is 1.93 bits per heavy atom. The van der Waals surface area contributed by atoms with E-state index in [1.54, 1.807) is 0 Å². The highest BCUT2D eigenvalue weighted by Crippen LogP contribution is 2.17. The lowest BCUT2D eigenvalue weighted by Crippen LogP contribution is -1.99. The SMILES string of the molecule is O=c1ccc2cc([N+](=O)[O-])ccc2nn1. The van der Waals surface area contributed by atoms with E-state index in [0.717, 1.165) is 0 Å². The quantitative estimate of drug-likeness (QED) is 0.507. The summed E-state index contributed by atoms with van der Waals surface area (Å²) in [6.07, 6.45) is 0. The fourth-order valence-electron chi connectivity index (χ4n) is 1.18. The molecule has 0 bridgehead atoms. The van der Waals surface area contributed by atoms with E-state index < -0.39 is 10.5 Å². The molecule has 6 heteroatoms. The standard InChI is InChI=1S/C9H5N3O3/c13-9-4-1-6-5-7(12(14)15)2-3-8(6)10-11-9/h1-5H. The molecule has 74 valence electrons. The van der Waals surface area contributed by atoms with Crippen molar-refractivity contribution < 1.29 is 4.92 Å². The van der Waals surface area contributed by atoms with Crippen molar-refractivity contribution in [2.75, 3.05) is 0 Å². The van der Waals surface area contributed by atoms with Crippen molar-refractivity contribution in [2.45, 2.75) is 0 Å². The molecular weight excluding hydrogens is 198 g/mol. The first-order chi connectivity index (χ1) is 7.16. The zero-order chi connectivity index (χ0) is 10.8. The number of hydrogen-bond donors (Lipinski definition) is 0. The maximum atomic E-state index is 10.9. The van der Waals surface area contributed by atoms with E-state index in [0.29, 0.717) is 10.9 Å². The Bertz CT molecular complexity index is 597. The molecule has 1 aromatic carbocycles. The van der Waals surface area contributed by atoms with E-state index in [9.17, 15) is 14.9 Å². The van der Waals surface area contributed by atoms with Crippen LogP contribution in [-0.4, -0.2) is 15.1 Å². The summed E-state index contributed by atoms with van der Waals surface area (Å²) in [6.45, 7) is 0. The molecule has 0 saturated heterocycles. The highest BCUT2D eigenvalue weighted by molar-refractivity contribution is 5.79. The van der Waals surface area contributed by atoms with Gasteiger partial charge in [0.05, 0.1) is 10.4 Å². The minimum Gasteiger partial charge on any atom is -0.266 e. The molecule has 2 rings (SSSR count). The average molecular weight is 203 g/mol. The summed E-state index contributed by atoms with van der Waals surface area (Å²) in [5, 5.41) is 18.0. The lowest BCUT2D eigenvalue weighted by atomic mass is 10.2. The first kappa shape index (κ1) is 9.20. The number of nitro benzene ring substituents is 1. The molecule has 0 atom stereocenters. The number of aromatic nitrogens is 2. The van der Waals surface area contributed by atoms with Crippen molar-refractivity contribution in [3.63, 3.8) is 0 Å². The number of nitrogens with zero attached hydrogens (tertiary/aromatic N) is 3. The fourth-order valence-corrected chi connectivity index (χ4v) is 1.18. The predicted molar refractivity (Wildman–Crippen MR) is 52.5 cm³/mol. The zero-order valence-corrected chi connectivity index (χ0v) is 7.45. The largest absolute Gasteiger partial charge is 0.288 e. The van der Waals surface area contributed by atoms with E-state index in [-0.39, 0.29) is 5.69 Å². The molecule has 0 amide bonds. The van der Waals surface area contributed by atoms with Crippen LogP contribution in [0.5, 0.6) is 0 Å². The molecule has 15 heavy (non-hydrogen) atoms. The number of nitro groups is 1. The second-order valence-corrected chi connectivity index (χ2v) is 2.87. The van der Waals surface area contributed by atoms with E-state index in [4.69, 9.17) is 0 Å². The third-order valence-electron chi connectivity index (χ3n) is 1.88. The Kier molecular flexibility index (Phi) is 2.09. The van der Waals surface area contributed by atoms with Crippen molar-refractivity contribution in [2.24, 2.45) is 0 Å². The average Bonchev–Trinajstić information content (AvgIpc) is 2.40. The van der Waals surface area contributed by atoms with Gasteiger partial charge in [0, 0.05) is 23.6 Å². The number of rotatable bonds is 1. The second-order valence-electron chi connectivity index (χ2n) is 2.87.